The van der Waals surface area contributed by atoms with Crippen molar-refractivity contribution in [1.29, 1.82) is 0 Å². The van der Waals surface area contributed by atoms with Crippen molar-refractivity contribution in [2.24, 2.45) is 4.99 Å². The lowest BCUT2D eigenvalue weighted by Crippen LogP contribution is -2.50. The number of carbonyl (C=O) groups is 1. The maximum absolute atomic E-state index is 13.2. The second kappa shape index (κ2) is 7.23. The Labute approximate surface area is 167 Å². The van der Waals surface area contributed by atoms with Crippen LogP contribution in [-0.4, -0.2) is 35.3 Å². The molecule has 27 heavy (non-hydrogen) atoms. The Kier molecular flexibility index (Phi) is 4.93. The number of rotatable bonds is 3. The van der Waals surface area contributed by atoms with E-state index in [0.29, 0.717) is 35.1 Å². The predicted octanol–water partition coefficient (Wildman–Crippen LogP) is 4.04. The zero-order chi connectivity index (χ0) is 19.0. The molecule has 4 nitrogen and oxygen atoms in total. The maximum atomic E-state index is 13.2. The van der Waals surface area contributed by atoms with E-state index < -0.39 is 5.66 Å². The first-order valence-corrected chi connectivity index (χ1v) is 9.54. The fourth-order valence-corrected chi connectivity index (χ4v) is 3.93. The van der Waals surface area contributed by atoms with Gasteiger partial charge in [0.1, 0.15) is 17.2 Å². The van der Waals surface area contributed by atoms with Crippen LogP contribution in [0.1, 0.15) is 24.0 Å². The van der Waals surface area contributed by atoms with Gasteiger partial charge in [-0.2, -0.15) is 0 Å². The van der Waals surface area contributed by atoms with Crippen LogP contribution in [0.3, 0.4) is 0 Å². The number of benzene rings is 2. The Hall–Kier alpha value is -1.95. The Bertz CT molecular complexity index is 906. The first-order chi connectivity index (χ1) is 12.9. The average molecular weight is 406 g/mol. The molecule has 2 aliphatic heterocycles. The Morgan fingerprint density at radius 1 is 1.11 bits per heavy atom. The number of piperidine rings is 1. The highest BCUT2D eigenvalue weighted by molar-refractivity contribution is 6.47. The molecular weight excluding hydrogens is 388 g/mol. The van der Waals surface area contributed by atoms with Gasteiger partial charge in [-0.15, -0.1) is 0 Å². The van der Waals surface area contributed by atoms with Crippen LogP contribution in [0.2, 0.25) is 10.0 Å². The molecule has 0 saturated carbocycles. The van der Waals surface area contributed by atoms with E-state index in [1.54, 1.807) is 18.2 Å². The zero-order valence-corrected chi connectivity index (χ0v) is 16.0. The third kappa shape index (κ3) is 3.86. The highest BCUT2D eigenvalue weighted by atomic mass is 35.5. The molecule has 140 valence electrons. The summed E-state index contributed by atoms with van der Waals surface area (Å²) in [6.45, 7) is 2.19. The predicted molar refractivity (Wildman–Crippen MR) is 105 cm³/mol. The van der Waals surface area contributed by atoms with Crippen LogP contribution < -0.4 is 5.32 Å². The van der Waals surface area contributed by atoms with Crippen molar-refractivity contribution in [3.63, 3.8) is 0 Å². The van der Waals surface area contributed by atoms with E-state index in [1.165, 1.54) is 12.1 Å². The molecule has 0 radical (unpaired) electrons. The van der Waals surface area contributed by atoms with E-state index in [0.717, 1.165) is 24.2 Å². The molecule has 1 saturated heterocycles. The molecule has 0 aliphatic carbocycles. The molecule has 7 heteroatoms. The van der Waals surface area contributed by atoms with Crippen molar-refractivity contribution in [1.82, 2.24) is 10.2 Å². The topological polar surface area (TPSA) is 44.7 Å². The Morgan fingerprint density at radius 3 is 2.48 bits per heavy atom. The van der Waals surface area contributed by atoms with Gasteiger partial charge in [-0.3, -0.25) is 14.7 Å². The van der Waals surface area contributed by atoms with Crippen LogP contribution in [0.15, 0.2) is 47.5 Å². The summed E-state index contributed by atoms with van der Waals surface area (Å²) in [6.07, 6.45) is 1.43. The van der Waals surface area contributed by atoms with E-state index >= 15 is 0 Å². The molecule has 1 N–H and O–H groups in total. The second-order valence-electron chi connectivity index (χ2n) is 6.96. The summed E-state index contributed by atoms with van der Waals surface area (Å²) in [5, 5.41) is 4.12. The number of aliphatic imine (C=N–C) groups is 1. The fourth-order valence-electron chi connectivity index (χ4n) is 3.58. The number of hydrogen-bond acceptors (Lipinski definition) is 3. The summed E-state index contributed by atoms with van der Waals surface area (Å²) < 4.78 is 13.2. The third-order valence-electron chi connectivity index (χ3n) is 5.10. The number of nitrogens with zero attached hydrogens (tertiary/aromatic N) is 2. The number of amides is 1. The van der Waals surface area contributed by atoms with Crippen LogP contribution in [0.4, 0.5) is 4.39 Å². The molecule has 0 aromatic heterocycles. The molecule has 2 aromatic rings. The standard InChI is InChI=1S/C20H18Cl2FN3O/c21-15-4-1-13(2-5-15)18-19(27)25-20(24-18)7-9-26(10-8-20)12-14-3-6-16(23)11-17(14)22/h1-6,11H,7-10,12H2,(H,25,27). The number of hydrogen-bond donors (Lipinski definition) is 1. The van der Waals surface area contributed by atoms with Crippen LogP contribution in [0.5, 0.6) is 0 Å². The fraction of sp³-hybridized carbons (Fsp3) is 0.300. The molecule has 2 aliphatic rings. The summed E-state index contributed by atoms with van der Waals surface area (Å²) >= 11 is 12.1. The maximum Gasteiger partial charge on any atom is 0.272 e. The second-order valence-corrected chi connectivity index (χ2v) is 7.81. The van der Waals surface area contributed by atoms with Crippen molar-refractivity contribution in [2.75, 3.05) is 13.1 Å². The molecule has 4 rings (SSSR count). The van der Waals surface area contributed by atoms with Gasteiger partial charge in [-0.05, 0) is 29.8 Å². The molecule has 1 spiro atoms. The summed E-state index contributed by atoms with van der Waals surface area (Å²) in [5.41, 5.74) is 1.58. The van der Waals surface area contributed by atoms with Crippen molar-refractivity contribution in [2.45, 2.75) is 25.0 Å². The van der Waals surface area contributed by atoms with Gasteiger partial charge in [0.2, 0.25) is 0 Å². The summed E-state index contributed by atoms with van der Waals surface area (Å²) in [4.78, 5) is 19.4. The molecule has 2 aromatic carbocycles. The molecule has 2 heterocycles. The minimum Gasteiger partial charge on any atom is -0.326 e. The van der Waals surface area contributed by atoms with Crippen molar-refractivity contribution >= 4 is 34.8 Å². The number of halogens is 3. The van der Waals surface area contributed by atoms with Crippen molar-refractivity contribution < 1.29 is 9.18 Å². The van der Waals surface area contributed by atoms with Crippen molar-refractivity contribution in [3.05, 3.63) is 69.5 Å². The molecular formula is C20H18Cl2FN3O. The van der Waals surface area contributed by atoms with Gasteiger partial charge >= 0.3 is 0 Å². The molecule has 0 atom stereocenters. The monoisotopic (exact) mass is 405 g/mol. The largest absolute Gasteiger partial charge is 0.326 e. The van der Waals surface area contributed by atoms with Gasteiger partial charge in [0, 0.05) is 48.1 Å². The number of carbonyl (C=O) groups excluding carboxylic acids is 1. The van der Waals surface area contributed by atoms with E-state index in [-0.39, 0.29) is 11.7 Å². The molecule has 0 bridgehead atoms. The summed E-state index contributed by atoms with van der Waals surface area (Å²) in [7, 11) is 0. The minimum atomic E-state index is -0.546. The van der Waals surface area contributed by atoms with Gasteiger partial charge in [0.05, 0.1) is 0 Å². The normalized spacial score (nSPS) is 19.2. The lowest BCUT2D eigenvalue weighted by atomic mass is 9.97. The quantitative estimate of drug-likeness (QED) is 0.836. The summed E-state index contributed by atoms with van der Waals surface area (Å²) in [6, 6.07) is 11.6. The Morgan fingerprint density at radius 2 is 1.81 bits per heavy atom. The lowest BCUT2D eigenvalue weighted by Gasteiger charge is -2.37. The van der Waals surface area contributed by atoms with E-state index in [2.05, 4.69) is 10.2 Å². The van der Waals surface area contributed by atoms with E-state index in [9.17, 15) is 9.18 Å². The van der Waals surface area contributed by atoms with Gasteiger partial charge in [0.15, 0.2) is 0 Å². The van der Waals surface area contributed by atoms with Crippen LogP contribution in [0.25, 0.3) is 0 Å². The molecule has 0 unspecified atom stereocenters. The van der Waals surface area contributed by atoms with E-state index in [4.69, 9.17) is 28.2 Å². The molecule has 1 fully saturated rings. The average Bonchev–Trinajstić information content (AvgIpc) is 2.96. The van der Waals surface area contributed by atoms with Gasteiger partial charge in [-0.1, -0.05) is 41.4 Å². The SMILES string of the molecule is O=C1NC2(CCN(Cc3ccc(F)cc3Cl)CC2)N=C1c1ccc(Cl)cc1. The summed E-state index contributed by atoms with van der Waals surface area (Å²) in [5.74, 6) is -0.480. The third-order valence-corrected chi connectivity index (χ3v) is 5.70. The number of nitrogens with one attached hydrogen (secondary N) is 1. The highest BCUT2D eigenvalue weighted by Crippen LogP contribution is 2.30. The number of likely N-dealkylation sites (tertiary alicyclic amines) is 1. The lowest BCUT2D eigenvalue weighted by molar-refractivity contribution is -0.115. The first kappa shape index (κ1) is 18.4. The van der Waals surface area contributed by atoms with Crippen LogP contribution >= 0.6 is 23.2 Å². The first-order valence-electron chi connectivity index (χ1n) is 8.79. The van der Waals surface area contributed by atoms with E-state index in [1.807, 2.05) is 12.1 Å². The van der Waals surface area contributed by atoms with Gasteiger partial charge < -0.3 is 5.32 Å². The highest BCUT2D eigenvalue weighted by Gasteiger charge is 2.42. The minimum absolute atomic E-state index is 0.146. The van der Waals surface area contributed by atoms with Crippen LogP contribution in [-0.2, 0) is 11.3 Å². The zero-order valence-electron chi connectivity index (χ0n) is 14.5. The van der Waals surface area contributed by atoms with Gasteiger partial charge in [0.25, 0.3) is 5.91 Å². The molecule has 1 amide bonds. The van der Waals surface area contributed by atoms with Crippen molar-refractivity contribution in [3.8, 4) is 0 Å². The smallest absolute Gasteiger partial charge is 0.272 e. The Balaban J connectivity index is 1.45. The van der Waals surface area contributed by atoms with Crippen LogP contribution in [0, 0.1) is 5.82 Å². The van der Waals surface area contributed by atoms with Gasteiger partial charge in [-0.25, -0.2) is 4.39 Å².